The van der Waals surface area contributed by atoms with Gasteiger partial charge in [-0.25, -0.2) is 27.3 Å². The summed E-state index contributed by atoms with van der Waals surface area (Å²) in [6.07, 6.45) is 2.35. The van der Waals surface area contributed by atoms with Crippen molar-refractivity contribution in [2.24, 2.45) is 0 Å². The standard InChI is InChI=1S/C32H32F5N7O/c1-17-10-20(19-4-2-8-39-27(19)25(17)38)23-22(34)11-21-26(24(23)35)40-29(45-16-30-5-3-9-44(30)13-18(33)12-30)41-28(21)43-14-31(36)6-7-32(37,15-43)42-31/h2,4,8,10-11,18,42H,3,5-7,9,12-16,38H2,1H3/t18-,30+,31?,32?/m1/s1. The Kier molecular flexibility index (Phi) is 6.25. The van der Waals surface area contributed by atoms with Gasteiger partial charge in [0.1, 0.15) is 29.9 Å². The van der Waals surface area contributed by atoms with Gasteiger partial charge < -0.3 is 15.4 Å². The Morgan fingerprint density at radius 2 is 1.84 bits per heavy atom. The number of fused-ring (bicyclic) bond motifs is 5. The number of hydrogen-bond acceptors (Lipinski definition) is 8. The second-order valence-corrected chi connectivity index (χ2v) is 13.1. The number of nitrogens with two attached hydrogens (primary N) is 1. The van der Waals surface area contributed by atoms with Crippen LogP contribution in [0, 0.1) is 18.6 Å². The monoisotopic (exact) mass is 625 g/mol. The van der Waals surface area contributed by atoms with Gasteiger partial charge in [0.2, 0.25) is 0 Å². The molecule has 0 amide bonds. The summed E-state index contributed by atoms with van der Waals surface area (Å²) in [7, 11) is 0. The number of halogens is 5. The lowest BCUT2D eigenvalue weighted by atomic mass is 9.95. The predicted molar refractivity (Wildman–Crippen MR) is 160 cm³/mol. The van der Waals surface area contributed by atoms with E-state index >= 15 is 17.6 Å². The summed E-state index contributed by atoms with van der Waals surface area (Å²) in [6, 6.07) is 5.80. The van der Waals surface area contributed by atoms with Crippen molar-refractivity contribution in [2.45, 2.75) is 62.3 Å². The van der Waals surface area contributed by atoms with E-state index in [1.807, 2.05) is 0 Å². The highest BCUT2D eigenvalue weighted by molar-refractivity contribution is 6.04. The molecule has 0 saturated carbocycles. The number of alkyl halides is 3. The van der Waals surface area contributed by atoms with Crippen LogP contribution < -0.4 is 20.7 Å². The maximum Gasteiger partial charge on any atom is 0.319 e. The number of pyridine rings is 1. The normalized spacial score (nSPS) is 29.6. The fourth-order valence-electron chi connectivity index (χ4n) is 7.93. The maximum absolute atomic E-state index is 16.8. The van der Waals surface area contributed by atoms with Gasteiger partial charge in [0.05, 0.1) is 35.4 Å². The number of aromatic nitrogens is 3. The third-order valence-corrected chi connectivity index (χ3v) is 10.0. The van der Waals surface area contributed by atoms with Gasteiger partial charge in [-0.2, -0.15) is 9.97 Å². The van der Waals surface area contributed by atoms with Gasteiger partial charge in [-0.3, -0.25) is 9.88 Å². The fraction of sp³-hybridized carbons (Fsp3) is 0.469. The number of nitrogen functional groups attached to an aromatic ring is 1. The molecule has 2 unspecified atom stereocenters. The molecule has 45 heavy (non-hydrogen) atoms. The van der Waals surface area contributed by atoms with Crippen LogP contribution in [0.3, 0.4) is 0 Å². The van der Waals surface area contributed by atoms with E-state index in [9.17, 15) is 4.39 Å². The summed E-state index contributed by atoms with van der Waals surface area (Å²) < 4.78 is 84.5. The predicted octanol–water partition coefficient (Wildman–Crippen LogP) is 5.50. The number of ether oxygens (including phenoxy) is 1. The molecule has 2 bridgehead atoms. The van der Waals surface area contributed by atoms with E-state index in [0.29, 0.717) is 35.1 Å². The number of nitrogens with zero attached hydrogens (tertiary/aromatic N) is 5. The first-order valence-electron chi connectivity index (χ1n) is 15.2. The lowest BCUT2D eigenvalue weighted by Gasteiger charge is -2.40. The highest BCUT2D eigenvalue weighted by atomic mass is 19.2. The van der Waals surface area contributed by atoms with E-state index in [-0.39, 0.29) is 66.4 Å². The topological polar surface area (TPSA) is 92.4 Å². The molecule has 2 aromatic heterocycles. The van der Waals surface area contributed by atoms with Crippen molar-refractivity contribution in [3.05, 3.63) is 47.7 Å². The zero-order valence-electron chi connectivity index (χ0n) is 24.6. The highest BCUT2D eigenvalue weighted by Crippen LogP contribution is 2.45. The Morgan fingerprint density at radius 3 is 2.62 bits per heavy atom. The van der Waals surface area contributed by atoms with Crippen molar-refractivity contribution in [3.8, 4) is 17.1 Å². The largest absolute Gasteiger partial charge is 0.461 e. The first-order chi connectivity index (χ1) is 21.5. The fourth-order valence-corrected chi connectivity index (χ4v) is 7.93. The van der Waals surface area contributed by atoms with Gasteiger partial charge in [-0.05, 0) is 55.6 Å². The minimum Gasteiger partial charge on any atom is -0.461 e. The molecular weight excluding hydrogens is 593 g/mol. The van der Waals surface area contributed by atoms with E-state index in [2.05, 4.69) is 25.2 Å². The lowest BCUT2D eigenvalue weighted by molar-refractivity contribution is 0.0435. The molecule has 3 N–H and O–H groups in total. The minimum atomic E-state index is -2.04. The molecular formula is C32H32F5N7O. The summed E-state index contributed by atoms with van der Waals surface area (Å²) >= 11 is 0. The van der Waals surface area contributed by atoms with E-state index in [1.54, 1.807) is 31.3 Å². The van der Waals surface area contributed by atoms with Crippen LogP contribution in [0.5, 0.6) is 6.01 Å². The van der Waals surface area contributed by atoms with Crippen LogP contribution in [0.25, 0.3) is 32.9 Å². The SMILES string of the molecule is Cc1cc(-c2c(F)cc3c(N4CC5(F)CCC(F)(C4)N5)nc(OC[C@@]45CCCN4C[C@H](F)C5)nc3c2F)c2cccnc2c1N. The second kappa shape index (κ2) is 9.83. The van der Waals surface area contributed by atoms with Gasteiger partial charge in [-0.15, -0.1) is 0 Å². The van der Waals surface area contributed by atoms with Gasteiger partial charge in [-0.1, -0.05) is 6.07 Å². The molecule has 0 radical (unpaired) electrons. The molecule has 0 aliphatic carbocycles. The van der Waals surface area contributed by atoms with Crippen LogP contribution in [0.15, 0.2) is 30.5 Å². The molecule has 6 heterocycles. The molecule has 2 aromatic carbocycles. The summed E-state index contributed by atoms with van der Waals surface area (Å²) in [5, 5.41) is 2.82. The van der Waals surface area contributed by atoms with E-state index in [0.717, 1.165) is 25.5 Å². The third-order valence-electron chi connectivity index (χ3n) is 10.0. The van der Waals surface area contributed by atoms with Crippen molar-refractivity contribution < 1.29 is 26.7 Å². The highest BCUT2D eigenvalue weighted by Gasteiger charge is 2.55. The average molecular weight is 626 g/mol. The Bertz CT molecular complexity index is 1860. The van der Waals surface area contributed by atoms with Crippen LogP contribution in [-0.2, 0) is 0 Å². The number of nitrogens with one attached hydrogen (secondary N) is 1. The number of hydrogen-bond donors (Lipinski definition) is 2. The second-order valence-electron chi connectivity index (χ2n) is 13.1. The molecule has 4 aliphatic rings. The first kappa shape index (κ1) is 28.6. The summed E-state index contributed by atoms with van der Waals surface area (Å²) in [4.78, 5) is 16.6. The Labute approximate surface area is 255 Å². The number of piperazine rings is 1. The number of benzene rings is 2. The quantitative estimate of drug-likeness (QED) is 0.171. The van der Waals surface area contributed by atoms with E-state index in [1.165, 1.54) is 4.90 Å². The number of rotatable bonds is 5. The molecule has 8 rings (SSSR count). The Hall–Kier alpha value is -3.84. The minimum absolute atomic E-state index is 0.0395. The smallest absolute Gasteiger partial charge is 0.319 e. The molecule has 13 heteroatoms. The zero-order chi connectivity index (χ0) is 31.3. The van der Waals surface area contributed by atoms with Crippen molar-refractivity contribution in [2.75, 3.05) is 43.4 Å². The van der Waals surface area contributed by atoms with E-state index < -0.39 is 34.9 Å². The van der Waals surface area contributed by atoms with Crippen LogP contribution in [0.2, 0.25) is 0 Å². The molecule has 4 atom stereocenters. The van der Waals surface area contributed by atoms with Crippen molar-refractivity contribution in [1.29, 1.82) is 0 Å². The number of anilines is 2. The molecule has 236 valence electrons. The summed E-state index contributed by atoms with van der Waals surface area (Å²) in [5.41, 5.74) is 6.71. The van der Waals surface area contributed by atoms with Gasteiger partial charge in [0.25, 0.3) is 0 Å². The van der Waals surface area contributed by atoms with Crippen molar-refractivity contribution >= 4 is 33.3 Å². The Morgan fingerprint density at radius 1 is 1.07 bits per heavy atom. The molecule has 8 nitrogen and oxygen atoms in total. The summed E-state index contributed by atoms with van der Waals surface area (Å²) in [5.74, 6) is -6.02. The molecule has 4 saturated heterocycles. The van der Waals surface area contributed by atoms with Gasteiger partial charge >= 0.3 is 6.01 Å². The Balaban J connectivity index is 1.29. The lowest BCUT2D eigenvalue weighted by Crippen LogP contribution is -2.62. The first-order valence-corrected chi connectivity index (χ1v) is 15.2. The molecule has 4 aliphatic heterocycles. The molecule has 0 spiro atoms. The molecule has 4 aromatic rings. The zero-order valence-corrected chi connectivity index (χ0v) is 24.6. The van der Waals surface area contributed by atoms with Crippen molar-refractivity contribution in [1.82, 2.24) is 25.2 Å². The maximum atomic E-state index is 16.8. The van der Waals surface area contributed by atoms with Crippen LogP contribution in [0.4, 0.5) is 33.5 Å². The van der Waals surface area contributed by atoms with Gasteiger partial charge in [0.15, 0.2) is 17.4 Å². The van der Waals surface area contributed by atoms with Crippen LogP contribution >= 0.6 is 0 Å². The van der Waals surface area contributed by atoms with Crippen LogP contribution in [-0.4, -0.2) is 75.9 Å². The average Bonchev–Trinajstić information content (AvgIpc) is 3.60. The molecule has 4 fully saturated rings. The van der Waals surface area contributed by atoms with Crippen LogP contribution in [0.1, 0.15) is 37.7 Å². The van der Waals surface area contributed by atoms with E-state index in [4.69, 9.17) is 10.5 Å². The number of aryl methyl sites for hydroxylation is 1. The summed E-state index contributed by atoms with van der Waals surface area (Å²) in [6.45, 7) is 2.26. The third kappa shape index (κ3) is 4.49. The van der Waals surface area contributed by atoms with Gasteiger partial charge in [0, 0.05) is 42.8 Å². The van der Waals surface area contributed by atoms with Crippen molar-refractivity contribution in [3.63, 3.8) is 0 Å².